The zero-order valence-electron chi connectivity index (χ0n) is 15.7. The van der Waals surface area contributed by atoms with E-state index >= 15 is 0 Å². The van der Waals surface area contributed by atoms with Gasteiger partial charge in [-0.25, -0.2) is 8.78 Å². The molecule has 5 heteroatoms. The van der Waals surface area contributed by atoms with Gasteiger partial charge in [-0.1, -0.05) is 24.3 Å². The standard InChI is InChI=1S/C23H23F2NO2/c24-19-7-9-21(22(25)12-19)17-5-3-16(4-6-17)18-13-26(14-18)23(28)10-2-15-1-8-20(27)11-15/h3-7,9,12,15,18H,1-2,8,10-11,13-14H2. The first-order valence-electron chi connectivity index (χ1n) is 9.84. The molecule has 2 aromatic carbocycles. The van der Waals surface area contributed by atoms with Gasteiger partial charge in [0.1, 0.15) is 17.4 Å². The Morgan fingerprint density at radius 1 is 1.07 bits per heavy atom. The number of carbonyl (C=O) groups excluding carboxylic acids is 2. The summed E-state index contributed by atoms with van der Waals surface area (Å²) in [6, 6.07) is 11.2. The summed E-state index contributed by atoms with van der Waals surface area (Å²) in [5, 5.41) is 0. The summed E-state index contributed by atoms with van der Waals surface area (Å²) in [5.74, 6) is 0.0110. The SMILES string of the molecule is O=C1CCC(CCC(=O)N2CC(c3ccc(-c4ccc(F)cc4F)cc3)C2)C1. The predicted octanol–water partition coefficient (Wildman–Crippen LogP) is 4.71. The van der Waals surface area contributed by atoms with Crippen LogP contribution in [0.25, 0.3) is 11.1 Å². The average Bonchev–Trinajstić information content (AvgIpc) is 3.05. The van der Waals surface area contributed by atoms with Crippen molar-refractivity contribution in [1.82, 2.24) is 4.90 Å². The summed E-state index contributed by atoms with van der Waals surface area (Å²) < 4.78 is 27.0. The van der Waals surface area contributed by atoms with Crippen LogP contribution < -0.4 is 0 Å². The van der Waals surface area contributed by atoms with Gasteiger partial charge in [-0.05, 0) is 42.0 Å². The number of rotatable bonds is 5. The number of likely N-dealkylation sites (tertiary alicyclic amines) is 1. The summed E-state index contributed by atoms with van der Waals surface area (Å²) in [6.45, 7) is 1.40. The minimum atomic E-state index is -0.586. The number of ketones is 1. The third-order valence-corrected chi connectivity index (χ3v) is 5.97. The Balaban J connectivity index is 1.29. The van der Waals surface area contributed by atoms with Gasteiger partial charge in [0.05, 0.1) is 0 Å². The molecule has 3 nitrogen and oxygen atoms in total. The van der Waals surface area contributed by atoms with Crippen molar-refractivity contribution in [2.24, 2.45) is 5.92 Å². The van der Waals surface area contributed by atoms with E-state index in [-0.39, 0.29) is 5.91 Å². The molecule has 2 aromatic rings. The van der Waals surface area contributed by atoms with Crippen LogP contribution in [0.2, 0.25) is 0 Å². The lowest BCUT2D eigenvalue weighted by molar-refractivity contribution is -0.136. The summed E-state index contributed by atoms with van der Waals surface area (Å²) in [5.41, 5.74) is 2.21. The lowest BCUT2D eigenvalue weighted by atomic mass is 9.89. The van der Waals surface area contributed by atoms with E-state index in [4.69, 9.17) is 0 Å². The number of benzene rings is 2. The Labute approximate surface area is 163 Å². The molecule has 2 aliphatic rings. The third kappa shape index (κ3) is 3.98. The Kier molecular flexibility index (Phi) is 5.25. The van der Waals surface area contributed by atoms with Crippen LogP contribution in [0.1, 0.15) is 43.6 Å². The minimum absolute atomic E-state index is 0.167. The van der Waals surface area contributed by atoms with Crippen molar-refractivity contribution in [3.63, 3.8) is 0 Å². The first-order chi connectivity index (χ1) is 13.5. The molecule has 1 saturated heterocycles. The van der Waals surface area contributed by atoms with Gasteiger partial charge in [-0.3, -0.25) is 9.59 Å². The first kappa shape index (κ1) is 18.8. The van der Waals surface area contributed by atoms with Crippen LogP contribution in [0, 0.1) is 17.6 Å². The molecule has 0 N–H and O–H groups in total. The molecular weight excluding hydrogens is 360 g/mol. The maximum absolute atomic E-state index is 13.9. The second-order valence-corrected chi connectivity index (χ2v) is 7.93. The number of amides is 1. The lowest BCUT2D eigenvalue weighted by Gasteiger charge is -2.40. The van der Waals surface area contributed by atoms with E-state index in [0.717, 1.165) is 24.5 Å². The molecule has 1 atom stereocenters. The van der Waals surface area contributed by atoms with E-state index < -0.39 is 11.6 Å². The smallest absolute Gasteiger partial charge is 0.222 e. The fraction of sp³-hybridized carbons (Fsp3) is 0.391. The van der Waals surface area contributed by atoms with Crippen LogP contribution >= 0.6 is 0 Å². The molecular formula is C23H23F2NO2. The van der Waals surface area contributed by atoms with E-state index in [9.17, 15) is 18.4 Å². The molecule has 0 spiro atoms. The predicted molar refractivity (Wildman–Crippen MR) is 103 cm³/mol. The summed E-state index contributed by atoms with van der Waals surface area (Å²) in [4.78, 5) is 25.5. The fourth-order valence-corrected chi connectivity index (χ4v) is 4.17. The molecule has 1 amide bonds. The molecule has 2 fully saturated rings. The van der Waals surface area contributed by atoms with Crippen LogP contribution in [0.3, 0.4) is 0 Å². The molecule has 0 radical (unpaired) electrons. The normalized spacial score (nSPS) is 19.7. The highest BCUT2D eigenvalue weighted by molar-refractivity contribution is 5.81. The van der Waals surface area contributed by atoms with Crippen molar-refractivity contribution in [3.05, 3.63) is 59.7 Å². The van der Waals surface area contributed by atoms with Crippen molar-refractivity contribution >= 4 is 11.7 Å². The Bertz CT molecular complexity index is 888. The van der Waals surface area contributed by atoms with Gasteiger partial charge in [-0.2, -0.15) is 0 Å². The van der Waals surface area contributed by atoms with Crippen LogP contribution in [-0.2, 0) is 9.59 Å². The zero-order valence-corrected chi connectivity index (χ0v) is 15.7. The van der Waals surface area contributed by atoms with E-state index in [2.05, 4.69) is 0 Å². The number of nitrogens with zero attached hydrogens (tertiary/aromatic N) is 1. The van der Waals surface area contributed by atoms with Gasteiger partial charge < -0.3 is 4.90 Å². The van der Waals surface area contributed by atoms with Crippen LogP contribution in [-0.4, -0.2) is 29.7 Å². The molecule has 1 unspecified atom stereocenters. The molecule has 1 saturated carbocycles. The van der Waals surface area contributed by atoms with Crippen molar-refractivity contribution in [2.75, 3.05) is 13.1 Å². The summed E-state index contributed by atoms with van der Waals surface area (Å²) in [6.07, 6.45) is 3.56. The highest BCUT2D eigenvalue weighted by Crippen LogP contribution is 2.32. The van der Waals surface area contributed by atoms with Gasteiger partial charge >= 0.3 is 0 Å². The Morgan fingerprint density at radius 3 is 2.46 bits per heavy atom. The molecule has 1 aliphatic heterocycles. The number of hydrogen-bond acceptors (Lipinski definition) is 2. The molecule has 0 aromatic heterocycles. The number of hydrogen-bond donors (Lipinski definition) is 0. The minimum Gasteiger partial charge on any atom is -0.341 e. The second kappa shape index (κ2) is 7.82. The molecule has 146 valence electrons. The number of halogens is 2. The lowest BCUT2D eigenvalue weighted by Crippen LogP contribution is -2.48. The van der Waals surface area contributed by atoms with E-state index in [0.29, 0.717) is 61.1 Å². The maximum atomic E-state index is 13.9. The van der Waals surface area contributed by atoms with Crippen molar-refractivity contribution in [1.29, 1.82) is 0 Å². The van der Waals surface area contributed by atoms with Gasteiger partial charge in [0.2, 0.25) is 5.91 Å². The molecule has 28 heavy (non-hydrogen) atoms. The van der Waals surface area contributed by atoms with Crippen molar-refractivity contribution in [2.45, 2.75) is 38.0 Å². The van der Waals surface area contributed by atoms with Gasteiger partial charge in [0.15, 0.2) is 0 Å². The maximum Gasteiger partial charge on any atom is 0.222 e. The Hall–Kier alpha value is -2.56. The third-order valence-electron chi connectivity index (χ3n) is 5.97. The number of Topliss-reactive ketones (excluding diaryl/α,β-unsaturated/α-hetero) is 1. The molecule has 1 heterocycles. The summed E-state index contributed by atoms with van der Waals surface area (Å²) >= 11 is 0. The quantitative estimate of drug-likeness (QED) is 0.750. The van der Waals surface area contributed by atoms with Gasteiger partial charge in [0.25, 0.3) is 0 Å². The molecule has 0 bridgehead atoms. The Morgan fingerprint density at radius 2 is 1.82 bits per heavy atom. The van der Waals surface area contributed by atoms with Crippen molar-refractivity contribution < 1.29 is 18.4 Å². The molecule has 1 aliphatic carbocycles. The van der Waals surface area contributed by atoms with Crippen molar-refractivity contribution in [3.8, 4) is 11.1 Å². The molecule has 4 rings (SSSR count). The monoisotopic (exact) mass is 383 g/mol. The van der Waals surface area contributed by atoms with E-state index in [1.54, 1.807) is 0 Å². The second-order valence-electron chi connectivity index (χ2n) is 7.93. The zero-order chi connectivity index (χ0) is 19.7. The first-order valence-corrected chi connectivity index (χ1v) is 9.84. The van der Waals surface area contributed by atoms with Gasteiger partial charge in [0, 0.05) is 49.9 Å². The van der Waals surface area contributed by atoms with Gasteiger partial charge in [-0.15, -0.1) is 0 Å². The van der Waals surface area contributed by atoms with Crippen LogP contribution in [0.4, 0.5) is 8.78 Å². The van der Waals surface area contributed by atoms with Crippen LogP contribution in [0.15, 0.2) is 42.5 Å². The summed E-state index contributed by atoms with van der Waals surface area (Å²) in [7, 11) is 0. The van der Waals surface area contributed by atoms with Crippen LogP contribution in [0.5, 0.6) is 0 Å². The average molecular weight is 383 g/mol. The fourth-order valence-electron chi connectivity index (χ4n) is 4.17. The van der Waals surface area contributed by atoms with E-state index in [1.807, 2.05) is 29.2 Å². The van der Waals surface area contributed by atoms with E-state index in [1.165, 1.54) is 12.1 Å². The topological polar surface area (TPSA) is 37.4 Å². The highest BCUT2D eigenvalue weighted by Gasteiger charge is 2.32. The number of carbonyl (C=O) groups is 2. The largest absolute Gasteiger partial charge is 0.341 e. The highest BCUT2D eigenvalue weighted by atomic mass is 19.1.